The van der Waals surface area contributed by atoms with E-state index in [-0.39, 0.29) is 58.2 Å². The van der Waals surface area contributed by atoms with Crippen LogP contribution in [0.2, 0.25) is 0 Å². The first-order valence-electron chi connectivity index (χ1n) is 18.2. The van der Waals surface area contributed by atoms with Gasteiger partial charge in [0.1, 0.15) is 0 Å². The van der Waals surface area contributed by atoms with Gasteiger partial charge in [0.2, 0.25) is 0 Å². The molecule has 6 aromatic carbocycles. The maximum Gasteiger partial charge on any atom is 0.180 e. The molecule has 0 aromatic heterocycles. The second-order valence-corrected chi connectivity index (χ2v) is 13.9. The molecule has 0 atom stereocenters. The molecule has 0 aliphatic heterocycles. The van der Waals surface area contributed by atoms with Gasteiger partial charge >= 0.3 is 0 Å². The molecule has 0 unspecified atom stereocenters. The largest absolute Gasteiger partial charge is 0.290 e. The van der Waals surface area contributed by atoms with Crippen LogP contribution in [0.3, 0.4) is 0 Å². The predicted octanol–water partition coefficient (Wildman–Crippen LogP) is 13.9. The van der Waals surface area contributed by atoms with Crippen LogP contribution in [0.1, 0.15) is 33.4 Å². The molecule has 0 bridgehead atoms. The number of benzene rings is 6. The van der Waals surface area contributed by atoms with Gasteiger partial charge in [-0.1, -0.05) is 253 Å². The maximum absolute atomic E-state index is 11.6. The summed E-state index contributed by atoms with van der Waals surface area (Å²) in [6.07, 6.45) is 20.4. The SMILES string of the molecule is ClC(Cl)Cl.O=C(/C=C\c1ccccc1)/C=C/c1ccccc1.O=C(/C=C\c1ccccc1)/C=C/c1ccccc1.O=C(/C=C\c1ccccc1)/C=C/c1ccccc1.[Pd].[Pd]. The van der Waals surface area contributed by atoms with E-state index < -0.39 is 4.30 Å². The van der Waals surface area contributed by atoms with Crippen molar-refractivity contribution in [1.29, 1.82) is 0 Å². The minimum absolute atomic E-state index is 0. The standard InChI is InChI=1S/3C17H14O.CHCl3.2Pd/c3*18-17(13-11-15-7-3-1-4-8-15)14-12-16-9-5-2-6-10-16;2-1(3)4;;/h3*1-14H;1H;;/b3*13-11-,14-12+;;;. The molecule has 0 spiro atoms. The Morgan fingerprint density at radius 1 is 0.283 bits per heavy atom. The van der Waals surface area contributed by atoms with Gasteiger partial charge in [-0.3, -0.25) is 14.4 Å². The number of carbonyl (C=O) groups is 3. The molecule has 0 saturated carbocycles. The molecule has 6 rings (SSSR count). The van der Waals surface area contributed by atoms with Crippen LogP contribution in [-0.2, 0) is 55.2 Å². The van der Waals surface area contributed by atoms with E-state index in [0.717, 1.165) is 33.4 Å². The van der Waals surface area contributed by atoms with E-state index in [0.29, 0.717) is 0 Å². The van der Waals surface area contributed by atoms with Crippen molar-refractivity contribution in [3.63, 3.8) is 0 Å². The van der Waals surface area contributed by atoms with Gasteiger partial charge in [0, 0.05) is 40.8 Å². The van der Waals surface area contributed by atoms with Crippen LogP contribution in [0.15, 0.2) is 218 Å². The van der Waals surface area contributed by atoms with Crippen molar-refractivity contribution in [3.05, 3.63) is 252 Å². The number of carbonyl (C=O) groups excluding carboxylic acids is 3. The van der Waals surface area contributed by atoms with Crippen molar-refractivity contribution in [1.82, 2.24) is 0 Å². The molecule has 0 heterocycles. The Kier molecular flexibility index (Phi) is 29.8. The van der Waals surface area contributed by atoms with Gasteiger partial charge in [-0.15, -0.1) is 0 Å². The van der Waals surface area contributed by atoms with E-state index >= 15 is 0 Å². The van der Waals surface area contributed by atoms with Gasteiger partial charge < -0.3 is 0 Å². The van der Waals surface area contributed by atoms with Crippen LogP contribution >= 0.6 is 34.8 Å². The fourth-order valence-electron chi connectivity index (χ4n) is 4.62. The van der Waals surface area contributed by atoms with Crippen molar-refractivity contribution in [2.45, 2.75) is 4.30 Å². The van der Waals surface area contributed by atoms with Crippen molar-refractivity contribution >= 4 is 88.6 Å². The van der Waals surface area contributed by atoms with Crippen molar-refractivity contribution in [2.24, 2.45) is 0 Å². The Hall–Kier alpha value is -5.04. The number of rotatable bonds is 12. The number of alkyl halides is 3. The van der Waals surface area contributed by atoms with Crippen LogP contribution in [0.5, 0.6) is 0 Å². The van der Waals surface area contributed by atoms with Crippen LogP contribution in [-0.4, -0.2) is 21.6 Å². The Morgan fingerprint density at radius 2 is 0.400 bits per heavy atom. The number of hydrogen-bond donors (Lipinski definition) is 0. The van der Waals surface area contributed by atoms with E-state index in [1.807, 2.05) is 218 Å². The second kappa shape index (κ2) is 33.8. The number of allylic oxidation sites excluding steroid dienone is 6. The minimum Gasteiger partial charge on any atom is -0.290 e. The summed E-state index contributed by atoms with van der Waals surface area (Å²) in [5, 5.41) is 0. The zero-order chi connectivity index (χ0) is 41.5. The molecule has 0 radical (unpaired) electrons. The van der Waals surface area contributed by atoms with Gasteiger partial charge in [-0.25, -0.2) is 0 Å². The molecule has 60 heavy (non-hydrogen) atoms. The fourth-order valence-corrected chi connectivity index (χ4v) is 4.62. The molecule has 0 aliphatic rings. The second-order valence-electron chi connectivity index (χ2n) is 11.9. The summed E-state index contributed by atoms with van der Waals surface area (Å²) in [5.74, 6) is -0.0341. The number of hydrogen-bond acceptors (Lipinski definition) is 3. The fraction of sp³-hybridized carbons (Fsp3) is 0.0192. The molecule has 0 aliphatic carbocycles. The molecule has 0 saturated heterocycles. The zero-order valence-corrected chi connectivity index (χ0v) is 37.7. The van der Waals surface area contributed by atoms with Crippen molar-refractivity contribution < 1.29 is 55.2 Å². The molecule has 6 aromatic rings. The van der Waals surface area contributed by atoms with E-state index in [9.17, 15) is 14.4 Å². The number of halogens is 3. The third-order valence-corrected chi connectivity index (χ3v) is 7.44. The molecule has 0 amide bonds. The molecule has 0 N–H and O–H groups in total. The first kappa shape index (κ1) is 53.0. The topological polar surface area (TPSA) is 51.2 Å². The Labute approximate surface area is 396 Å². The molecule has 3 nitrogen and oxygen atoms in total. The summed E-state index contributed by atoms with van der Waals surface area (Å²) in [7, 11) is 0. The van der Waals surface area contributed by atoms with Gasteiger partial charge in [0.25, 0.3) is 0 Å². The quantitative estimate of drug-likeness (QED) is 0.0697. The molecular weight excluding hydrogens is 992 g/mol. The summed E-state index contributed by atoms with van der Waals surface area (Å²) in [6, 6.07) is 58.7. The molecular formula is C52H43Cl3O3Pd2. The summed E-state index contributed by atoms with van der Waals surface area (Å²) in [4.78, 5) is 34.8. The Balaban J connectivity index is 0.000000423. The van der Waals surface area contributed by atoms with E-state index in [1.165, 1.54) is 0 Å². The maximum atomic E-state index is 11.6. The summed E-state index contributed by atoms with van der Waals surface area (Å²) >= 11 is 14.4. The van der Waals surface area contributed by atoms with E-state index in [4.69, 9.17) is 34.8 Å². The first-order valence-corrected chi connectivity index (χ1v) is 19.5. The molecule has 310 valence electrons. The molecule has 8 heteroatoms. The monoisotopic (exact) mass is 1030 g/mol. The summed E-state index contributed by atoms with van der Waals surface area (Å²) < 4.78 is -0.750. The Morgan fingerprint density at radius 3 is 0.517 bits per heavy atom. The van der Waals surface area contributed by atoms with E-state index in [2.05, 4.69) is 0 Å². The minimum atomic E-state index is -0.750. The average molecular weight is 1040 g/mol. The Bertz CT molecular complexity index is 1830. The van der Waals surface area contributed by atoms with Crippen LogP contribution in [0.4, 0.5) is 0 Å². The van der Waals surface area contributed by atoms with Crippen LogP contribution < -0.4 is 0 Å². The van der Waals surface area contributed by atoms with Gasteiger partial charge in [0.05, 0.1) is 0 Å². The van der Waals surface area contributed by atoms with Crippen LogP contribution in [0.25, 0.3) is 36.5 Å². The third kappa shape index (κ3) is 26.9. The summed E-state index contributed by atoms with van der Waals surface area (Å²) in [5.41, 5.74) is 6.16. The molecule has 0 fully saturated rings. The predicted molar refractivity (Wildman–Crippen MR) is 249 cm³/mol. The van der Waals surface area contributed by atoms with Crippen molar-refractivity contribution in [2.75, 3.05) is 0 Å². The smallest absolute Gasteiger partial charge is 0.180 e. The van der Waals surface area contributed by atoms with E-state index in [1.54, 1.807) is 36.5 Å². The third-order valence-electron chi connectivity index (χ3n) is 7.44. The summed E-state index contributed by atoms with van der Waals surface area (Å²) in [6.45, 7) is 0. The van der Waals surface area contributed by atoms with Gasteiger partial charge in [0.15, 0.2) is 21.6 Å². The first-order chi connectivity index (χ1) is 28.3. The zero-order valence-electron chi connectivity index (χ0n) is 32.3. The van der Waals surface area contributed by atoms with Gasteiger partial charge in [-0.2, -0.15) is 0 Å². The normalized spacial score (nSPS) is 10.6. The average Bonchev–Trinajstić information content (AvgIpc) is 3.27. The number of ketones is 3. The van der Waals surface area contributed by atoms with Crippen LogP contribution in [0, 0.1) is 0 Å². The van der Waals surface area contributed by atoms with Gasteiger partial charge in [-0.05, 0) is 69.8 Å². The van der Waals surface area contributed by atoms with Crippen molar-refractivity contribution in [3.8, 4) is 0 Å².